The lowest BCUT2D eigenvalue weighted by molar-refractivity contribution is -0.131. The first-order valence-electron chi connectivity index (χ1n) is 5.34. The zero-order chi connectivity index (χ0) is 10.4. The van der Waals surface area contributed by atoms with Crippen LogP contribution in [0.2, 0.25) is 0 Å². The highest BCUT2D eigenvalue weighted by Crippen LogP contribution is 2.23. The van der Waals surface area contributed by atoms with Crippen molar-refractivity contribution in [2.45, 2.75) is 31.7 Å². The van der Waals surface area contributed by atoms with Crippen LogP contribution in [-0.4, -0.2) is 37.0 Å². The average molecular weight is 196 g/mol. The van der Waals surface area contributed by atoms with Crippen LogP contribution < -0.4 is 5.32 Å². The van der Waals surface area contributed by atoms with Crippen LogP contribution >= 0.6 is 0 Å². The molecular weight excluding hydrogens is 176 g/mol. The van der Waals surface area contributed by atoms with Gasteiger partial charge in [-0.1, -0.05) is 18.9 Å². The van der Waals surface area contributed by atoms with Crippen LogP contribution in [0.25, 0.3) is 0 Å². The maximum absolute atomic E-state index is 11.7. The average Bonchev–Trinajstić information content (AvgIpc) is 2.67. The van der Waals surface area contributed by atoms with Crippen molar-refractivity contribution < 1.29 is 4.79 Å². The molecule has 1 rings (SSSR count). The molecular formula is C11H20N2O. The Balaban J connectivity index is 2.52. The summed E-state index contributed by atoms with van der Waals surface area (Å²) in [5.41, 5.74) is 0. The largest absolute Gasteiger partial charge is 0.335 e. The molecule has 1 fully saturated rings. The highest BCUT2D eigenvalue weighted by atomic mass is 16.2. The summed E-state index contributed by atoms with van der Waals surface area (Å²) in [7, 11) is 1.80. The number of nitrogens with one attached hydrogen (secondary N) is 1. The Labute approximate surface area is 86.2 Å². The summed E-state index contributed by atoms with van der Waals surface area (Å²) in [4.78, 5) is 13.7. The van der Waals surface area contributed by atoms with Gasteiger partial charge in [0, 0.05) is 12.6 Å². The molecule has 0 aromatic rings. The number of likely N-dealkylation sites (N-methyl/N-ethyl adjacent to an activating group) is 1. The molecule has 0 unspecified atom stereocenters. The topological polar surface area (TPSA) is 32.3 Å². The van der Waals surface area contributed by atoms with Gasteiger partial charge in [-0.25, -0.2) is 0 Å². The summed E-state index contributed by atoms with van der Waals surface area (Å²) in [5.74, 6) is 0.194. The lowest BCUT2D eigenvalue weighted by atomic mass is 10.2. The quantitative estimate of drug-likeness (QED) is 0.669. The van der Waals surface area contributed by atoms with Gasteiger partial charge < -0.3 is 10.2 Å². The third-order valence-electron chi connectivity index (χ3n) is 2.74. The molecule has 1 aliphatic carbocycles. The summed E-state index contributed by atoms with van der Waals surface area (Å²) in [5, 5.41) is 2.90. The molecule has 80 valence electrons. The summed E-state index contributed by atoms with van der Waals surface area (Å²) in [6, 6.07) is 0.453. The summed E-state index contributed by atoms with van der Waals surface area (Å²) >= 11 is 0. The van der Waals surface area contributed by atoms with Crippen molar-refractivity contribution in [3.8, 4) is 0 Å². The predicted molar refractivity (Wildman–Crippen MR) is 58.1 cm³/mol. The highest BCUT2D eigenvalue weighted by molar-refractivity contribution is 5.78. The van der Waals surface area contributed by atoms with E-state index >= 15 is 0 Å². The van der Waals surface area contributed by atoms with Gasteiger partial charge in [0.15, 0.2) is 0 Å². The van der Waals surface area contributed by atoms with Crippen LogP contribution in [0.4, 0.5) is 0 Å². The molecule has 0 aromatic carbocycles. The zero-order valence-electron chi connectivity index (χ0n) is 8.96. The van der Waals surface area contributed by atoms with Gasteiger partial charge in [-0.3, -0.25) is 4.79 Å². The fourth-order valence-electron chi connectivity index (χ4n) is 2.06. The normalized spacial score (nSPS) is 16.9. The SMILES string of the molecule is C=CCN(C(=O)CNC)C1CCCC1. The molecule has 0 aromatic heterocycles. The van der Waals surface area contributed by atoms with E-state index < -0.39 is 0 Å². The van der Waals surface area contributed by atoms with Crippen LogP contribution in [0.3, 0.4) is 0 Å². The van der Waals surface area contributed by atoms with Crippen molar-refractivity contribution in [3.05, 3.63) is 12.7 Å². The van der Waals surface area contributed by atoms with E-state index in [9.17, 15) is 4.79 Å². The van der Waals surface area contributed by atoms with Gasteiger partial charge in [-0.05, 0) is 19.9 Å². The second-order valence-electron chi connectivity index (χ2n) is 3.80. The van der Waals surface area contributed by atoms with Crippen LogP contribution in [-0.2, 0) is 4.79 Å². The smallest absolute Gasteiger partial charge is 0.237 e. The zero-order valence-corrected chi connectivity index (χ0v) is 8.96. The molecule has 0 spiro atoms. The molecule has 1 N–H and O–H groups in total. The van der Waals surface area contributed by atoms with Crippen LogP contribution in [0.5, 0.6) is 0 Å². The Morgan fingerprint density at radius 2 is 2.21 bits per heavy atom. The monoisotopic (exact) mass is 196 g/mol. The Morgan fingerprint density at radius 3 is 2.71 bits per heavy atom. The molecule has 0 heterocycles. The number of carbonyl (C=O) groups is 1. The lowest BCUT2D eigenvalue weighted by Crippen LogP contribution is -2.43. The summed E-state index contributed by atoms with van der Waals surface area (Å²) in [6.07, 6.45) is 6.63. The number of rotatable bonds is 5. The fraction of sp³-hybridized carbons (Fsp3) is 0.727. The summed E-state index contributed by atoms with van der Waals surface area (Å²) < 4.78 is 0. The maximum atomic E-state index is 11.7. The van der Waals surface area contributed by atoms with E-state index in [1.165, 1.54) is 12.8 Å². The van der Waals surface area contributed by atoms with Gasteiger partial charge in [-0.15, -0.1) is 6.58 Å². The van der Waals surface area contributed by atoms with E-state index in [-0.39, 0.29) is 5.91 Å². The van der Waals surface area contributed by atoms with E-state index in [0.717, 1.165) is 12.8 Å². The van der Waals surface area contributed by atoms with Gasteiger partial charge in [-0.2, -0.15) is 0 Å². The fourth-order valence-corrected chi connectivity index (χ4v) is 2.06. The molecule has 0 atom stereocenters. The Hall–Kier alpha value is -0.830. The van der Waals surface area contributed by atoms with Gasteiger partial charge in [0.05, 0.1) is 6.54 Å². The van der Waals surface area contributed by atoms with Crippen molar-refractivity contribution in [2.24, 2.45) is 0 Å². The first-order valence-corrected chi connectivity index (χ1v) is 5.34. The van der Waals surface area contributed by atoms with Gasteiger partial charge >= 0.3 is 0 Å². The maximum Gasteiger partial charge on any atom is 0.237 e. The molecule has 1 aliphatic rings. The van der Waals surface area contributed by atoms with Crippen molar-refractivity contribution >= 4 is 5.91 Å². The van der Waals surface area contributed by atoms with Gasteiger partial charge in [0.1, 0.15) is 0 Å². The van der Waals surface area contributed by atoms with Crippen LogP contribution in [0.15, 0.2) is 12.7 Å². The van der Waals surface area contributed by atoms with Crippen molar-refractivity contribution in [1.29, 1.82) is 0 Å². The van der Waals surface area contributed by atoms with Crippen LogP contribution in [0, 0.1) is 0 Å². The van der Waals surface area contributed by atoms with Crippen LogP contribution in [0.1, 0.15) is 25.7 Å². The second kappa shape index (κ2) is 5.81. The number of amides is 1. The molecule has 1 saturated carbocycles. The van der Waals surface area contributed by atoms with Crippen molar-refractivity contribution in [1.82, 2.24) is 10.2 Å². The minimum Gasteiger partial charge on any atom is -0.335 e. The van der Waals surface area contributed by atoms with E-state index in [1.54, 1.807) is 7.05 Å². The number of nitrogens with zero attached hydrogens (tertiary/aromatic N) is 1. The van der Waals surface area contributed by atoms with Gasteiger partial charge in [0.2, 0.25) is 5.91 Å². The van der Waals surface area contributed by atoms with E-state index in [0.29, 0.717) is 19.1 Å². The Morgan fingerprint density at radius 1 is 1.57 bits per heavy atom. The van der Waals surface area contributed by atoms with Gasteiger partial charge in [0.25, 0.3) is 0 Å². The molecule has 0 aliphatic heterocycles. The minimum atomic E-state index is 0.194. The minimum absolute atomic E-state index is 0.194. The highest BCUT2D eigenvalue weighted by Gasteiger charge is 2.24. The third kappa shape index (κ3) is 2.84. The van der Waals surface area contributed by atoms with Crippen molar-refractivity contribution in [3.63, 3.8) is 0 Å². The molecule has 0 saturated heterocycles. The standard InChI is InChI=1S/C11H20N2O/c1-3-8-13(11(14)9-12-2)10-6-4-5-7-10/h3,10,12H,1,4-9H2,2H3. The molecule has 1 amide bonds. The molecule has 3 heteroatoms. The van der Waals surface area contributed by atoms with Crippen molar-refractivity contribution in [2.75, 3.05) is 20.1 Å². The Kier molecular flexibility index (Phi) is 4.66. The summed E-state index contributed by atoms with van der Waals surface area (Å²) in [6.45, 7) is 4.82. The van der Waals surface area contributed by atoms with E-state index in [2.05, 4.69) is 11.9 Å². The second-order valence-corrected chi connectivity index (χ2v) is 3.80. The predicted octanol–water partition coefficient (Wildman–Crippen LogP) is 1.16. The number of hydrogen-bond donors (Lipinski definition) is 1. The first kappa shape index (κ1) is 11.2. The third-order valence-corrected chi connectivity index (χ3v) is 2.74. The molecule has 14 heavy (non-hydrogen) atoms. The number of hydrogen-bond acceptors (Lipinski definition) is 2. The van der Waals surface area contributed by atoms with E-state index in [4.69, 9.17) is 0 Å². The molecule has 0 bridgehead atoms. The van der Waals surface area contributed by atoms with E-state index in [1.807, 2.05) is 11.0 Å². The lowest BCUT2D eigenvalue weighted by Gasteiger charge is -2.27. The molecule has 0 radical (unpaired) electrons. The first-order chi connectivity index (χ1) is 6.79. The Bertz CT molecular complexity index is 197. The number of carbonyl (C=O) groups excluding carboxylic acids is 1. The molecule has 3 nitrogen and oxygen atoms in total.